The monoisotopic (exact) mass is 700 g/mol. The molecule has 8 aromatic carbocycles. The van der Waals surface area contributed by atoms with Crippen molar-refractivity contribution < 1.29 is 4.42 Å². The van der Waals surface area contributed by atoms with Crippen molar-refractivity contribution in [3.05, 3.63) is 170 Å². The van der Waals surface area contributed by atoms with Gasteiger partial charge in [0.05, 0.1) is 27.6 Å². The molecule has 0 N–H and O–H groups in total. The summed E-state index contributed by atoms with van der Waals surface area (Å²) in [5, 5.41) is 11.1. The Morgan fingerprint density at radius 1 is 0.436 bits per heavy atom. The number of rotatable bonds is 3. The van der Waals surface area contributed by atoms with Gasteiger partial charge in [0, 0.05) is 54.5 Å². The number of nitrogens with zero attached hydrogens (tertiary/aromatic N) is 4. The van der Waals surface area contributed by atoms with Crippen molar-refractivity contribution in [2.75, 3.05) is 0 Å². The van der Waals surface area contributed by atoms with Gasteiger partial charge in [-0.3, -0.25) is 0 Å². The highest BCUT2D eigenvalue weighted by Gasteiger charge is 2.25. The van der Waals surface area contributed by atoms with Crippen LogP contribution in [-0.4, -0.2) is 18.9 Å². The van der Waals surface area contributed by atoms with Crippen LogP contribution in [0.3, 0.4) is 0 Å². The zero-order chi connectivity index (χ0) is 35.8. The maximum absolute atomic E-state index is 6.37. The topological polar surface area (TPSA) is 48.3 Å². The number of hydrogen-bond acceptors (Lipinski definition) is 3. The molecule has 0 amide bonds. The molecule has 5 aromatic heterocycles. The van der Waals surface area contributed by atoms with E-state index in [0.29, 0.717) is 11.4 Å². The fraction of sp³-hybridized carbons (Fsp3) is 0. The molecule has 5 nitrogen and oxygen atoms in total. The average Bonchev–Trinajstić information content (AvgIpc) is 3.98. The summed E-state index contributed by atoms with van der Waals surface area (Å²) in [4.78, 5) is 10.3. The number of hydrogen-bond donors (Lipinski definition) is 0. The highest BCUT2D eigenvalue weighted by atomic mass is 16.3. The van der Waals surface area contributed by atoms with E-state index in [1.165, 1.54) is 70.7 Å². The Kier molecular flexibility index (Phi) is 5.57. The van der Waals surface area contributed by atoms with Gasteiger partial charge in [-0.15, -0.1) is 0 Å². The van der Waals surface area contributed by atoms with Crippen molar-refractivity contribution in [2.24, 2.45) is 0 Å². The van der Waals surface area contributed by atoms with Gasteiger partial charge in [-0.1, -0.05) is 103 Å². The van der Waals surface area contributed by atoms with Crippen LogP contribution in [-0.2, 0) is 0 Å². The average molecular weight is 701 g/mol. The highest BCUT2D eigenvalue weighted by molar-refractivity contribution is 6.34. The van der Waals surface area contributed by atoms with Crippen LogP contribution in [0.2, 0.25) is 0 Å². The molecule has 0 atom stereocenters. The van der Waals surface area contributed by atoms with E-state index >= 15 is 0 Å². The van der Waals surface area contributed by atoms with E-state index in [-0.39, 0.29) is 0 Å². The largest absolute Gasteiger partial charge is 0.452 e. The molecule has 13 aromatic rings. The van der Waals surface area contributed by atoms with E-state index in [1.807, 2.05) is 36.4 Å². The first-order chi connectivity index (χ1) is 27.3. The molecular formula is C50H28N4O. The Hall–Kier alpha value is -7.50. The van der Waals surface area contributed by atoms with Crippen molar-refractivity contribution in [2.45, 2.75) is 0 Å². The van der Waals surface area contributed by atoms with Crippen LogP contribution in [0, 0.1) is 0 Å². The third-order valence-electron chi connectivity index (χ3n) is 11.6. The molecular weight excluding hydrogens is 673 g/mol. The van der Waals surface area contributed by atoms with Crippen molar-refractivity contribution in [1.82, 2.24) is 18.9 Å². The number of aromatic nitrogens is 4. The molecule has 5 heteroatoms. The molecule has 55 heavy (non-hydrogen) atoms. The number of fused-ring (bicyclic) bond motifs is 14. The molecule has 0 bridgehead atoms. The number of furan rings is 1. The summed E-state index contributed by atoms with van der Waals surface area (Å²) in [6, 6.07) is 60.6. The predicted molar refractivity (Wildman–Crippen MR) is 227 cm³/mol. The SMILES string of the molecule is c1ccc(-c2nc(-c3ccc(-n4c5ccccc5c5cc6c7cc8ccccc8cc7n7c8ccccc8c(c54)c67)cc3)nc3c2oc2ccccc23)cc1. The first-order valence-electron chi connectivity index (χ1n) is 18.7. The minimum atomic E-state index is 0.665. The van der Waals surface area contributed by atoms with Gasteiger partial charge >= 0.3 is 0 Å². The highest BCUT2D eigenvalue weighted by Crippen LogP contribution is 2.47. The van der Waals surface area contributed by atoms with Gasteiger partial charge in [-0.2, -0.15) is 0 Å². The number of para-hydroxylation sites is 3. The van der Waals surface area contributed by atoms with Crippen molar-refractivity contribution in [3.8, 4) is 28.3 Å². The maximum atomic E-state index is 6.37. The Balaban J connectivity index is 1.08. The Labute approximate surface area is 313 Å². The lowest BCUT2D eigenvalue weighted by Gasteiger charge is -2.11. The van der Waals surface area contributed by atoms with Crippen LogP contribution in [0.25, 0.3) is 121 Å². The molecule has 0 saturated heterocycles. The van der Waals surface area contributed by atoms with Crippen LogP contribution in [0.1, 0.15) is 0 Å². The quantitative estimate of drug-likeness (QED) is 0.184. The van der Waals surface area contributed by atoms with E-state index in [9.17, 15) is 0 Å². The summed E-state index contributed by atoms with van der Waals surface area (Å²) in [5.74, 6) is 0.665. The summed E-state index contributed by atoms with van der Waals surface area (Å²) in [7, 11) is 0. The Bertz CT molecular complexity index is 3700. The second-order valence-corrected chi connectivity index (χ2v) is 14.6. The van der Waals surface area contributed by atoms with E-state index in [1.54, 1.807) is 0 Å². The van der Waals surface area contributed by atoms with Crippen LogP contribution in [0.15, 0.2) is 174 Å². The van der Waals surface area contributed by atoms with Crippen molar-refractivity contribution in [1.29, 1.82) is 0 Å². The Morgan fingerprint density at radius 3 is 1.95 bits per heavy atom. The molecule has 0 fully saturated rings. The minimum absolute atomic E-state index is 0.665. The Morgan fingerprint density at radius 2 is 1.11 bits per heavy atom. The summed E-state index contributed by atoms with van der Waals surface area (Å²) in [5.41, 5.74) is 12.3. The van der Waals surface area contributed by atoms with E-state index in [4.69, 9.17) is 14.4 Å². The molecule has 0 spiro atoms. The molecule has 0 saturated carbocycles. The summed E-state index contributed by atoms with van der Waals surface area (Å²) >= 11 is 0. The predicted octanol–water partition coefficient (Wildman–Crippen LogP) is 13.1. The lowest BCUT2D eigenvalue weighted by Crippen LogP contribution is -1.96. The fourth-order valence-electron chi connectivity index (χ4n) is 9.23. The van der Waals surface area contributed by atoms with Gasteiger partial charge in [-0.25, -0.2) is 9.97 Å². The molecule has 5 heterocycles. The zero-order valence-corrected chi connectivity index (χ0v) is 29.4. The zero-order valence-electron chi connectivity index (χ0n) is 29.4. The summed E-state index contributed by atoms with van der Waals surface area (Å²) < 4.78 is 11.3. The first-order valence-corrected chi connectivity index (χ1v) is 18.7. The molecule has 0 radical (unpaired) electrons. The lowest BCUT2D eigenvalue weighted by molar-refractivity contribution is 0.667. The summed E-state index contributed by atoms with van der Waals surface area (Å²) in [6.07, 6.45) is 0. The van der Waals surface area contributed by atoms with Gasteiger partial charge in [0.15, 0.2) is 11.4 Å². The third kappa shape index (κ3) is 3.86. The van der Waals surface area contributed by atoms with Crippen molar-refractivity contribution >= 4 is 92.7 Å². The van der Waals surface area contributed by atoms with E-state index in [2.05, 4.69) is 142 Å². The van der Waals surface area contributed by atoms with Crippen LogP contribution < -0.4 is 0 Å². The van der Waals surface area contributed by atoms with Gasteiger partial charge in [0.25, 0.3) is 0 Å². The maximum Gasteiger partial charge on any atom is 0.180 e. The van der Waals surface area contributed by atoms with Crippen molar-refractivity contribution in [3.63, 3.8) is 0 Å². The van der Waals surface area contributed by atoms with Gasteiger partial charge in [-0.05, 0) is 77.5 Å². The molecule has 0 aliphatic heterocycles. The van der Waals surface area contributed by atoms with E-state index in [0.717, 1.165) is 39.0 Å². The molecule has 0 aliphatic carbocycles. The van der Waals surface area contributed by atoms with Gasteiger partial charge in [0.2, 0.25) is 0 Å². The first kappa shape index (κ1) is 29.0. The smallest absolute Gasteiger partial charge is 0.180 e. The fourth-order valence-corrected chi connectivity index (χ4v) is 9.23. The molecule has 13 rings (SSSR count). The van der Waals surface area contributed by atoms with Crippen LogP contribution >= 0.6 is 0 Å². The lowest BCUT2D eigenvalue weighted by atomic mass is 10.0. The molecule has 0 aliphatic rings. The second-order valence-electron chi connectivity index (χ2n) is 14.6. The van der Waals surface area contributed by atoms with Gasteiger partial charge < -0.3 is 13.4 Å². The standard InChI is InChI=1S/C50H28N4O/c1-2-12-29(13-3-1)45-49-46(36-18-8-11-21-43(36)55-49)52-50(51-45)30-22-24-33(25-23-30)53-40-19-9-6-16-34(40)38-28-39-37-26-31-14-4-5-15-32(31)27-42(37)54-41-20-10-7-17-35(41)44(47(38)53)48(39)54/h1-28H. The molecule has 0 unspecified atom stereocenters. The number of benzene rings is 8. The molecule has 254 valence electrons. The van der Waals surface area contributed by atoms with E-state index < -0.39 is 0 Å². The normalized spacial score (nSPS) is 12.4. The summed E-state index contributed by atoms with van der Waals surface area (Å²) in [6.45, 7) is 0. The van der Waals surface area contributed by atoms with Crippen LogP contribution in [0.4, 0.5) is 0 Å². The third-order valence-corrected chi connectivity index (χ3v) is 11.6. The van der Waals surface area contributed by atoms with Crippen LogP contribution in [0.5, 0.6) is 0 Å². The van der Waals surface area contributed by atoms with Gasteiger partial charge in [0.1, 0.15) is 16.8 Å². The second kappa shape index (κ2) is 10.6. The minimum Gasteiger partial charge on any atom is -0.452 e.